The van der Waals surface area contributed by atoms with E-state index in [4.69, 9.17) is 26.8 Å². The zero-order chi connectivity index (χ0) is 23.0. The third-order valence-corrected chi connectivity index (χ3v) is 4.78. The quantitative estimate of drug-likeness (QED) is 0.580. The van der Waals surface area contributed by atoms with Crippen LogP contribution in [0.3, 0.4) is 0 Å². The number of nitrogens with one attached hydrogen (secondary N) is 1. The van der Waals surface area contributed by atoms with Gasteiger partial charge in [0.15, 0.2) is 11.5 Å². The van der Waals surface area contributed by atoms with E-state index in [-0.39, 0.29) is 29.8 Å². The molecule has 2 aromatic carbocycles. The van der Waals surface area contributed by atoms with Gasteiger partial charge in [0.25, 0.3) is 5.91 Å². The van der Waals surface area contributed by atoms with Crippen molar-refractivity contribution in [2.45, 2.75) is 20.3 Å². The molecule has 0 atom stereocenters. The van der Waals surface area contributed by atoms with E-state index in [1.807, 2.05) is 13.8 Å². The minimum Gasteiger partial charge on any atom is -0.493 e. The Balaban J connectivity index is 2.03. The third-order valence-electron chi connectivity index (χ3n) is 4.50. The monoisotopic (exact) mass is 447 g/mol. The molecule has 0 aliphatic rings. The first kappa shape index (κ1) is 24.0. The molecule has 3 amide bonds. The van der Waals surface area contributed by atoms with Crippen molar-refractivity contribution in [1.29, 1.82) is 0 Å². The Labute approximate surface area is 186 Å². The van der Waals surface area contributed by atoms with Crippen molar-refractivity contribution in [1.82, 2.24) is 4.90 Å². The summed E-state index contributed by atoms with van der Waals surface area (Å²) in [5.41, 5.74) is 6.43. The first-order chi connectivity index (χ1) is 14.8. The highest BCUT2D eigenvalue weighted by Gasteiger charge is 2.20. The number of amides is 3. The fourth-order valence-electron chi connectivity index (χ4n) is 2.89. The zero-order valence-corrected chi connectivity index (χ0v) is 18.5. The third kappa shape index (κ3) is 6.36. The molecule has 0 saturated heterocycles. The number of halogens is 1. The summed E-state index contributed by atoms with van der Waals surface area (Å²) >= 11 is 6.26. The van der Waals surface area contributed by atoms with E-state index in [0.717, 1.165) is 0 Å². The van der Waals surface area contributed by atoms with E-state index in [1.165, 1.54) is 25.3 Å². The molecule has 0 heterocycles. The molecular weight excluding hydrogens is 422 g/mol. The van der Waals surface area contributed by atoms with Crippen LogP contribution in [0.2, 0.25) is 5.02 Å². The molecule has 2 aromatic rings. The zero-order valence-electron chi connectivity index (χ0n) is 17.7. The number of hydrogen-bond acceptors (Lipinski definition) is 5. The van der Waals surface area contributed by atoms with Gasteiger partial charge in [-0.1, -0.05) is 11.6 Å². The molecule has 0 aromatic heterocycles. The Bertz CT molecular complexity index is 947. The lowest BCUT2D eigenvalue weighted by Crippen LogP contribution is -2.33. The van der Waals surface area contributed by atoms with E-state index in [0.29, 0.717) is 41.5 Å². The highest BCUT2D eigenvalue weighted by molar-refractivity contribution is 6.32. The van der Waals surface area contributed by atoms with Crippen LogP contribution in [0, 0.1) is 0 Å². The van der Waals surface area contributed by atoms with Crippen LogP contribution in [0.1, 0.15) is 41.0 Å². The molecule has 8 nitrogen and oxygen atoms in total. The van der Waals surface area contributed by atoms with E-state index in [2.05, 4.69) is 5.32 Å². The molecule has 0 spiro atoms. The fourth-order valence-corrected chi connectivity index (χ4v) is 3.16. The summed E-state index contributed by atoms with van der Waals surface area (Å²) in [4.78, 5) is 37.9. The summed E-state index contributed by atoms with van der Waals surface area (Å²) < 4.78 is 10.8. The van der Waals surface area contributed by atoms with Crippen LogP contribution in [0.4, 0.5) is 5.69 Å². The van der Waals surface area contributed by atoms with Gasteiger partial charge in [-0.3, -0.25) is 14.4 Å². The van der Waals surface area contributed by atoms with E-state index in [9.17, 15) is 14.4 Å². The van der Waals surface area contributed by atoms with E-state index >= 15 is 0 Å². The lowest BCUT2D eigenvalue weighted by atomic mass is 10.1. The number of benzene rings is 2. The van der Waals surface area contributed by atoms with Crippen molar-refractivity contribution in [3.8, 4) is 11.5 Å². The van der Waals surface area contributed by atoms with Gasteiger partial charge in [0.2, 0.25) is 11.8 Å². The van der Waals surface area contributed by atoms with Crippen molar-refractivity contribution in [3.05, 3.63) is 52.5 Å². The molecule has 3 N–H and O–H groups in total. The van der Waals surface area contributed by atoms with Gasteiger partial charge in [0, 0.05) is 36.3 Å². The number of ether oxygens (including phenoxy) is 2. The maximum Gasteiger partial charge on any atom is 0.254 e. The number of anilines is 1. The number of primary amides is 1. The van der Waals surface area contributed by atoms with Crippen molar-refractivity contribution in [2.75, 3.05) is 32.1 Å². The SMILES string of the molecule is CCOc1c(Cl)cc(C(=O)N(CC)CCC(=O)Nc2ccc(C(N)=O)cc2)cc1OC. The number of rotatable bonds is 10. The Kier molecular flexibility index (Phi) is 8.69. The van der Waals surface area contributed by atoms with Crippen LogP contribution in [-0.2, 0) is 4.79 Å². The molecule has 0 fully saturated rings. The van der Waals surface area contributed by atoms with Crippen LogP contribution in [0.15, 0.2) is 36.4 Å². The maximum absolute atomic E-state index is 12.9. The Hall–Kier alpha value is -3.26. The van der Waals surface area contributed by atoms with Crippen LogP contribution >= 0.6 is 11.6 Å². The Morgan fingerprint density at radius 1 is 1.10 bits per heavy atom. The maximum atomic E-state index is 12.9. The molecule has 0 radical (unpaired) electrons. The van der Waals surface area contributed by atoms with Crippen LogP contribution < -0.4 is 20.5 Å². The fraction of sp³-hybridized carbons (Fsp3) is 0.318. The summed E-state index contributed by atoms with van der Waals surface area (Å²) in [7, 11) is 1.47. The van der Waals surface area contributed by atoms with Crippen LogP contribution in [0.5, 0.6) is 11.5 Å². The second kappa shape index (κ2) is 11.2. The number of carbonyl (C=O) groups excluding carboxylic acids is 3. The lowest BCUT2D eigenvalue weighted by Gasteiger charge is -2.22. The normalized spacial score (nSPS) is 10.3. The van der Waals surface area contributed by atoms with E-state index < -0.39 is 5.91 Å². The first-order valence-electron chi connectivity index (χ1n) is 9.80. The number of nitrogens with zero attached hydrogens (tertiary/aromatic N) is 1. The molecule has 0 aliphatic carbocycles. The van der Waals surface area contributed by atoms with Gasteiger partial charge in [-0.2, -0.15) is 0 Å². The lowest BCUT2D eigenvalue weighted by molar-refractivity contribution is -0.116. The second-order valence-electron chi connectivity index (χ2n) is 6.55. The Morgan fingerprint density at radius 2 is 1.77 bits per heavy atom. The van der Waals surface area contributed by atoms with Crippen LogP contribution in [-0.4, -0.2) is 49.4 Å². The molecule has 166 valence electrons. The average Bonchev–Trinajstić information content (AvgIpc) is 2.75. The Morgan fingerprint density at radius 3 is 2.32 bits per heavy atom. The molecule has 2 rings (SSSR count). The summed E-state index contributed by atoms with van der Waals surface area (Å²) in [6, 6.07) is 9.35. The number of carbonyl (C=O) groups is 3. The molecule has 0 saturated carbocycles. The predicted octanol–water partition coefficient (Wildman–Crippen LogP) is 3.34. The van der Waals surface area contributed by atoms with Gasteiger partial charge in [-0.15, -0.1) is 0 Å². The number of methoxy groups -OCH3 is 1. The smallest absolute Gasteiger partial charge is 0.254 e. The first-order valence-corrected chi connectivity index (χ1v) is 10.2. The molecule has 9 heteroatoms. The molecule has 0 aliphatic heterocycles. The van der Waals surface area contributed by atoms with Crippen LogP contribution in [0.25, 0.3) is 0 Å². The van der Waals surface area contributed by atoms with Gasteiger partial charge in [-0.05, 0) is 50.2 Å². The second-order valence-corrected chi connectivity index (χ2v) is 6.95. The number of nitrogens with two attached hydrogens (primary N) is 1. The largest absolute Gasteiger partial charge is 0.493 e. The highest BCUT2D eigenvalue weighted by atomic mass is 35.5. The molecule has 31 heavy (non-hydrogen) atoms. The van der Waals surface area contributed by atoms with Gasteiger partial charge < -0.3 is 25.4 Å². The summed E-state index contributed by atoms with van der Waals surface area (Å²) in [5, 5.41) is 3.00. The average molecular weight is 448 g/mol. The van der Waals surface area contributed by atoms with E-state index in [1.54, 1.807) is 23.1 Å². The molecule has 0 unspecified atom stereocenters. The van der Waals surface area contributed by atoms with Crippen molar-refractivity contribution in [3.63, 3.8) is 0 Å². The highest BCUT2D eigenvalue weighted by Crippen LogP contribution is 2.36. The van der Waals surface area contributed by atoms with Crippen molar-refractivity contribution in [2.24, 2.45) is 5.73 Å². The van der Waals surface area contributed by atoms with Gasteiger partial charge in [0.05, 0.1) is 18.7 Å². The molecule has 0 bridgehead atoms. The van der Waals surface area contributed by atoms with Crippen molar-refractivity contribution < 1.29 is 23.9 Å². The minimum absolute atomic E-state index is 0.0963. The van der Waals surface area contributed by atoms with Gasteiger partial charge >= 0.3 is 0 Å². The topological polar surface area (TPSA) is 111 Å². The van der Waals surface area contributed by atoms with Gasteiger partial charge in [-0.25, -0.2) is 0 Å². The molecular formula is C22H26ClN3O5. The van der Waals surface area contributed by atoms with Gasteiger partial charge in [0.1, 0.15) is 0 Å². The minimum atomic E-state index is -0.541. The van der Waals surface area contributed by atoms with Crippen molar-refractivity contribution >= 4 is 35.0 Å². The summed E-state index contributed by atoms with van der Waals surface area (Å²) in [6.45, 7) is 4.68. The summed E-state index contributed by atoms with van der Waals surface area (Å²) in [6.07, 6.45) is 0.0963. The number of hydrogen-bond donors (Lipinski definition) is 2. The standard InChI is InChI=1S/C22H26ClN3O5/c1-4-26(11-10-19(27)25-16-8-6-14(7-9-16)21(24)28)22(29)15-12-17(23)20(31-5-2)18(13-15)30-3/h6-9,12-13H,4-5,10-11H2,1-3H3,(H2,24,28)(H,25,27). The summed E-state index contributed by atoms with van der Waals surface area (Å²) in [5.74, 6) is -0.329. The predicted molar refractivity (Wildman–Crippen MR) is 119 cm³/mol.